The number of para-hydroxylation sites is 1. The summed E-state index contributed by atoms with van der Waals surface area (Å²) in [7, 11) is 1.45. The predicted molar refractivity (Wildman–Crippen MR) is 118 cm³/mol. The smallest absolute Gasteiger partial charge is 0.321 e. The zero-order valence-corrected chi connectivity index (χ0v) is 19.0. The van der Waals surface area contributed by atoms with Crippen molar-refractivity contribution < 1.29 is 18.7 Å². The van der Waals surface area contributed by atoms with Crippen molar-refractivity contribution in [3.63, 3.8) is 0 Å². The number of carbonyl (C=O) groups is 2. The summed E-state index contributed by atoms with van der Waals surface area (Å²) in [6.07, 6.45) is 5.01. The van der Waals surface area contributed by atoms with E-state index in [9.17, 15) is 14.0 Å². The average Bonchev–Trinajstić information content (AvgIpc) is 3.52. The third-order valence-electron chi connectivity index (χ3n) is 6.56. The van der Waals surface area contributed by atoms with Crippen LogP contribution in [0.1, 0.15) is 44.5 Å². The first kappa shape index (κ1) is 22.6. The van der Waals surface area contributed by atoms with Crippen molar-refractivity contribution in [3.8, 4) is 5.75 Å². The number of nitrogens with one attached hydrogen (secondary N) is 2. The maximum atomic E-state index is 14.0. The molecule has 4 rings (SSSR count). The van der Waals surface area contributed by atoms with Gasteiger partial charge in [-0.3, -0.25) is 14.7 Å². The largest absolute Gasteiger partial charge is 0.483 e. The second-order valence-corrected chi connectivity index (χ2v) is 9.43. The van der Waals surface area contributed by atoms with Crippen LogP contribution in [0.2, 0.25) is 0 Å². The van der Waals surface area contributed by atoms with E-state index in [0.29, 0.717) is 22.8 Å². The van der Waals surface area contributed by atoms with E-state index in [2.05, 4.69) is 27.8 Å². The standard InChI is InChI=1S/C22H28FN5O3S/c1-13(16-10-14-7-8-15(16)9-14)28-19(11-31-18-6-4-3-5-17(18)23)26-27-22(28)32-12-20(29)25-21(30)24-2/h3-6,13-16H,7-12H2,1-2H3,(H2,24,25,29,30)/t13-,14+,15+,16-/m1/s1. The molecule has 3 amide bonds. The van der Waals surface area contributed by atoms with Gasteiger partial charge in [0.2, 0.25) is 5.91 Å². The molecule has 1 heterocycles. The lowest BCUT2D eigenvalue weighted by Crippen LogP contribution is -2.38. The van der Waals surface area contributed by atoms with Crippen molar-refractivity contribution >= 4 is 23.7 Å². The van der Waals surface area contributed by atoms with Gasteiger partial charge in [-0.1, -0.05) is 30.3 Å². The molecule has 2 aliphatic carbocycles. The van der Waals surface area contributed by atoms with Gasteiger partial charge in [0.1, 0.15) is 6.61 Å². The molecule has 2 fully saturated rings. The summed E-state index contributed by atoms with van der Waals surface area (Å²) in [5, 5.41) is 13.8. The second kappa shape index (κ2) is 9.89. The molecule has 0 unspecified atom stereocenters. The number of carbonyl (C=O) groups excluding carboxylic acids is 2. The summed E-state index contributed by atoms with van der Waals surface area (Å²) in [5.74, 6) is 1.93. The maximum Gasteiger partial charge on any atom is 0.321 e. The first-order valence-electron chi connectivity index (χ1n) is 10.9. The van der Waals surface area contributed by atoms with Gasteiger partial charge < -0.3 is 10.1 Å². The molecule has 10 heteroatoms. The number of hydrogen-bond acceptors (Lipinski definition) is 6. The van der Waals surface area contributed by atoms with Gasteiger partial charge in [0.25, 0.3) is 0 Å². The summed E-state index contributed by atoms with van der Waals surface area (Å²) in [4.78, 5) is 23.4. The number of halogens is 1. The van der Waals surface area contributed by atoms with E-state index in [1.807, 2.05) is 4.57 Å². The lowest BCUT2D eigenvalue weighted by atomic mass is 9.84. The molecule has 0 aliphatic heterocycles. The maximum absolute atomic E-state index is 14.0. The minimum Gasteiger partial charge on any atom is -0.483 e. The van der Waals surface area contributed by atoms with Crippen LogP contribution in [-0.4, -0.2) is 39.5 Å². The van der Waals surface area contributed by atoms with Crippen molar-refractivity contribution in [2.24, 2.45) is 17.8 Å². The number of imide groups is 1. The number of fused-ring (bicyclic) bond motifs is 2. The Kier molecular flexibility index (Phi) is 6.98. The fourth-order valence-electron chi connectivity index (χ4n) is 5.05. The summed E-state index contributed by atoms with van der Waals surface area (Å²) < 4.78 is 21.7. The number of ether oxygens (including phenoxy) is 1. The predicted octanol–water partition coefficient (Wildman–Crippen LogP) is 3.54. The van der Waals surface area contributed by atoms with Crippen LogP contribution in [0.15, 0.2) is 29.4 Å². The summed E-state index contributed by atoms with van der Waals surface area (Å²) in [6.45, 7) is 2.24. The highest BCUT2D eigenvalue weighted by atomic mass is 32.2. The first-order chi connectivity index (χ1) is 15.5. The van der Waals surface area contributed by atoms with Crippen LogP contribution < -0.4 is 15.4 Å². The Balaban J connectivity index is 1.52. The summed E-state index contributed by atoms with van der Waals surface area (Å²) in [5.41, 5.74) is 0. The number of urea groups is 1. The Morgan fingerprint density at radius 2 is 2.09 bits per heavy atom. The molecular weight excluding hydrogens is 433 g/mol. The molecule has 4 atom stereocenters. The SMILES string of the molecule is CNC(=O)NC(=O)CSc1nnc(COc2ccccc2F)n1[C@H](C)[C@H]1C[C@H]2CC[C@H]1C2. The lowest BCUT2D eigenvalue weighted by Gasteiger charge is -2.30. The Hall–Kier alpha value is -2.62. The molecule has 32 heavy (non-hydrogen) atoms. The number of benzene rings is 1. The molecule has 0 radical (unpaired) electrons. The Labute approximate surface area is 190 Å². The van der Waals surface area contributed by atoms with Crippen molar-refractivity contribution in [2.45, 2.75) is 50.4 Å². The van der Waals surface area contributed by atoms with E-state index in [4.69, 9.17) is 4.74 Å². The van der Waals surface area contributed by atoms with Crippen LogP contribution in [0.4, 0.5) is 9.18 Å². The van der Waals surface area contributed by atoms with E-state index in [0.717, 1.165) is 5.92 Å². The van der Waals surface area contributed by atoms with Crippen molar-refractivity contribution in [1.82, 2.24) is 25.4 Å². The quantitative estimate of drug-likeness (QED) is 0.584. The molecule has 0 spiro atoms. The van der Waals surface area contributed by atoms with Crippen LogP contribution >= 0.6 is 11.8 Å². The van der Waals surface area contributed by atoms with E-state index in [1.54, 1.807) is 18.2 Å². The van der Waals surface area contributed by atoms with Crippen molar-refractivity contribution in [1.29, 1.82) is 0 Å². The van der Waals surface area contributed by atoms with Gasteiger partial charge in [-0.2, -0.15) is 0 Å². The van der Waals surface area contributed by atoms with Crippen LogP contribution in [0, 0.1) is 23.6 Å². The molecule has 2 saturated carbocycles. The van der Waals surface area contributed by atoms with Gasteiger partial charge in [0, 0.05) is 13.1 Å². The van der Waals surface area contributed by atoms with Crippen LogP contribution in [0.25, 0.3) is 0 Å². The fraction of sp³-hybridized carbons (Fsp3) is 0.545. The summed E-state index contributed by atoms with van der Waals surface area (Å²) >= 11 is 1.23. The molecule has 1 aromatic heterocycles. The molecule has 2 aromatic rings. The fourth-order valence-corrected chi connectivity index (χ4v) is 5.89. The minimum atomic E-state index is -0.550. The number of amides is 3. The average molecular weight is 462 g/mol. The van der Waals surface area contributed by atoms with Gasteiger partial charge >= 0.3 is 6.03 Å². The Morgan fingerprint density at radius 1 is 1.28 bits per heavy atom. The highest BCUT2D eigenvalue weighted by molar-refractivity contribution is 7.99. The number of rotatable bonds is 8. The normalized spacial score (nSPS) is 22.5. The molecule has 2 bridgehead atoms. The monoisotopic (exact) mass is 461 g/mol. The van der Waals surface area contributed by atoms with Gasteiger partial charge in [0.15, 0.2) is 22.5 Å². The van der Waals surface area contributed by atoms with E-state index >= 15 is 0 Å². The third kappa shape index (κ3) is 4.90. The number of thioether (sulfide) groups is 1. The number of nitrogens with zero attached hydrogens (tertiary/aromatic N) is 3. The Morgan fingerprint density at radius 3 is 2.78 bits per heavy atom. The molecule has 0 saturated heterocycles. The third-order valence-corrected chi connectivity index (χ3v) is 7.50. The van der Waals surface area contributed by atoms with Crippen LogP contribution in [0.3, 0.4) is 0 Å². The second-order valence-electron chi connectivity index (χ2n) is 8.48. The van der Waals surface area contributed by atoms with Gasteiger partial charge in [0.05, 0.1) is 5.75 Å². The van der Waals surface area contributed by atoms with Crippen LogP contribution in [-0.2, 0) is 11.4 Å². The highest BCUT2D eigenvalue weighted by Gasteiger charge is 2.43. The highest BCUT2D eigenvalue weighted by Crippen LogP contribution is 2.52. The zero-order valence-electron chi connectivity index (χ0n) is 18.2. The van der Waals surface area contributed by atoms with Gasteiger partial charge in [-0.25, -0.2) is 9.18 Å². The minimum absolute atomic E-state index is 0.0309. The molecule has 2 aliphatic rings. The van der Waals surface area contributed by atoms with Crippen molar-refractivity contribution in [3.05, 3.63) is 35.9 Å². The van der Waals surface area contributed by atoms with Gasteiger partial charge in [-0.05, 0) is 56.1 Å². The van der Waals surface area contributed by atoms with Gasteiger partial charge in [-0.15, -0.1) is 10.2 Å². The topological polar surface area (TPSA) is 98.1 Å². The molecule has 2 N–H and O–H groups in total. The Bertz CT molecular complexity index is 984. The van der Waals surface area contributed by atoms with Crippen LogP contribution in [0.5, 0.6) is 5.75 Å². The van der Waals surface area contributed by atoms with E-state index in [1.165, 1.54) is 50.6 Å². The summed E-state index contributed by atoms with van der Waals surface area (Å²) in [6, 6.07) is 5.84. The lowest BCUT2D eigenvalue weighted by molar-refractivity contribution is -0.117. The number of aromatic nitrogens is 3. The molecular formula is C22H28FN5O3S. The van der Waals surface area contributed by atoms with E-state index in [-0.39, 0.29) is 24.2 Å². The molecule has 8 nitrogen and oxygen atoms in total. The van der Waals surface area contributed by atoms with E-state index < -0.39 is 17.8 Å². The zero-order chi connectivity index (χ0) is 22.7. The number of hydrogen-bond donors (Lipinski definition) is 2. The molecule has 1 aromatic carbocycles. The molecule has 172 valence electrons. The van der Waals surface area contributed by atoms with Crippen molar-refractivity contribution in [2.75, 3.05) is 12.8 Å². The first-order valence-corrected chi connectivity index (χ1v) is 11.9.